The molecule has 122 valence electrons. The van der Waals surface area contributed by atoms with Crippen molar-refractivity contribution < 1.29 is 32.2 Å². The summed E-state index contributed by atoms with van der Waals surface area (Å²) in [6, 6.07) is 2.83. The maximum absolute atomic E-state index is 13.2. The van der Waals surface area contributed by atoms with Crippen molar-refractivity contribution in [3.05, 3.63) is 24.0 Å². The Labute approximate surface area is 124 Å². The minimum atomic E-state index is -4.54. The fraction of sp³-hybridized carbons (Fsp3) is 0.500. The summed E-state index contributed by atoms with van der Waals surface area (Å²) in [5.41, 5.74) is -0.187. The van der Waals surface area contributed by atoms with Crippen molar-refractivity contribution in [3.8, 4) is 5.75 Å². The monoisotopic (exact) mass is 321 g/mol. The first kappa shape index (κ1) is 16.5. The van der Waals surface area contributed by atoms with Crippen LogP contribution in [0.2, 0.25) is 0 Å². The lowest BCUT2D eigenvalue weighted by atomic mass is 10.1. The second kappa shape index (κ2) is 6.51. The van der Waals surface area contributed by atoms with E-state index in [9.17, 15) is 27.5 Å². The third-order valence-corrected chi connectivity index (χ3v) is 3.41. The molecule has 1 aromatic rings. The molecule has 1 saturated carbocycles. The molecule has 0 radical (unpaired) electrons. The smallest absolute Gasteiger partial charge is 0.422 e. The third kappa shape index (κ3) is 4.33. The van der Waals surface area contributed by atoms with E-state index in [0.717, 1.165) is 18.2 Å². The SMILES string of the molecule is O=C(Nc1cc(F)ccc1OCC(F)(F)F)C1CCCC1O. The summed E-state index contributed by atoms with van der Waals surface area (Å²) in [5.74, 6) is -2.22. The molecule has 0 spiro atoms. The number of carbonyl (C=O) groups excluding carboxylic acids is 1. The molecule has 2 rings (SSSR count). The van der Waals surface area contributed by atoms with E-state index in [1.165, 1.54) is 0 Å². The van der Waals surface area contributed by atoms with Gasteiger partial charge in [-0.15, -0.1) is 0 Å². The molecule has 1 fully saturated rings. The summed E-state index contributed by atoms with van der Waals surface area (Å²) < 4.78 is 54.4. The number of anilines is 1. The maximum Gasteiger partial charge on any atom is 0.422 e. The van der Waals surface area contributed by atoms with E-state index in [4.69, 9.17) is 0 Å². The van der Waals surface area contributed by atoms with E-state index in [2.05, 4.69) is 10.1 Å². The Morgan fingerprint density at radius 2 is 2.09 bits per heavy atom. The van der Waals surface area contributed by atoms with Crippen LogP contribution in [0.15, 0.2) is 18.2 Å². The van der Waals surface area contributed by atoms with Crippen LogP contribution in [0.4, 0.5) is 23.2 Å². The molecule has 0 aromatic heterocycles. The standard InChI is InChI=1S/C14H15F4NO3/c15-8-4-5-12(22-7-14(16,17)18)10(6-8)19-13(21)9-2-1-3-11(9)20/h4-6,9,11,20H,1-3,7H2,(H,19,21). The average Bonchev–Trinajstić information content (AvgIpc) is 2.83. The highest BCUT2D eigenvalue weighted by Crippen LogP contribution is 2.31. The topological polar surface area (TPSA) is 58.6 Å². The average molecular weight is 321 g/mol. The first-order valence-corrected chi connectivity index (χ1v) is 6.74. The summed E-state index contributed by atoms with van der Waals surface area (Å²) in [4.78, 5) is 12.0. The second-order valence-electron chi connectivity index (χ2n) is 5.14. The Bertz CT molecular complexity index is 547. The van der Waals surface area contributed by atoms with Crippen LogP contribution in [0.3, 0.4) is 0 Å². The minimum Gasteiger partial charge on any atom is -0.482 e. The highest BCUT2D eigenvalue weighted by molar-refractivity contribution is 5.94. The molecule has 2 unspecified atom stereocenters. The van der Waals surface area contributed by atoms with Crippen molar-refractivity contribution in [3.63, 3.8) is 0 Å². The normalized spacial score (nSPS) is 21.7. The number of hydrogen-bond acceptors (Lipinski definition) is 3. The molecule has 4 nitrogen and oxygen atoms in total. The molecule has 1 aliphatic carbocycles. The first-order chi connectivity index (χ1) is 10.3. The fourth-order valence-electron chi connectivity index (χ4n) is 2.36. The molecular weight excluding hydrogens is 306 g/mol. The number of aliphatic hydroxyl groups excluding tert-OH is 1. The summed E-state index contributed by atoms with van der Waals surface area (Å²) in [7, 11) is 0. The zero-order chi connectivity index (χ0) is 16.3. The molecule has 2 atom stereocenters. The van der Waals surface area contributed by atoms with Crippen molar-refractivity contribution in [1.29, 1.82) is 0 Å². The number of carbonyl (C=O) groups is 1. The second-order valence-corrected chi connectivity index (χ2v) is 5.14. The van der Waals surface area contributed by atoms with Gasteiger partial charge in [-0.05, 0) is 31.4 Å². The number of hydrogen-bond donors (Lipinski definition) is 2. The summed E-state index contributed by atoms with van der Waals surface area (Å²) in [6.45, 7) is -1.55. The Morgan fingerprint density at radius 1 is 1.36 bits per heavy atom. The van der Waals surface area contributed by atoms with Gasteiger partial charge in [0.15, 0.2) is 6.61 Å². The van der Waals surface area contributed by atoms with Crippen molar-refractivity contribution in [2.75, 3.05) is 11.9 Å². The molecule has 1 aliphatic rings. The molecule has 2 N–H and O–H groups in total. The molecule has 0 heterocycles. The van der Waals surface area contributed by atoms with Crippen LogP contribution in [0.25, 0.3) is 0 Å². The number of ether oxygens (including phenoxy) is 1. The highest BCUT2D eigenvalue weighted by Gasteiger charge is 2.32. The molecule has 0 saturated heterocycles. The van der Waals surface area contributed by atoms with Crippen molar-refractivity contribution >= 4 is 11.6 Å². The van der Waals surface area contributed by atoms with Crippen LogP contribution in [0.1, 0.15) is 19.3 Å². The van der Waals surface area contributed by atoms with Gasteiger partial charge in [-0.1, -0.05) is 0 Å². The first-order valence-electron chi connectivity index (χ1n) is 6.74. The number of amides is 1. The van der Waals surface area contributed by atoms with Crippen LogP contribution in [-0.4, -0.2) is 29.9 Å². The zero-order valence-corrected chi connectivity index (χ0v) is 11.5. The van der Waals surface area contributed by atoms with Gasteiger partial charge in [-0.3, -0.25) is 4.79 Å². The highest BCUT2D eigenvalue weighted by atomic mass is 19.4. The molecule has 8 heteroatoms. The van der Waals surface area contributed by atoms with Gasteiger partial charge in [-0.25, -0.2) is 4.39 Å². The van der Waals surface area contributed by atoms with Crippen LogP contribution in [0, 0.1) is 11.7 Å². The largest absolute Gasteiger partial charge is 0.482 e. The number of nitrogens with one attached hydrogen (secondary N) is 1. The Kier molecular flexibility index (Phi) is 4.90. The summed E-state index contributed by atoms with van der Waals surface area (Å²) in [5, 5.41) is 12.0. The number of halogens is 4. The van der Waals surface area contributed by atoms with Crippen molar-refractivity contribution in [2.45, 2.75) is 31.5 Å². The Morgan fingerprint density at radius 3 is 2.68 bits per heavy atom. The van der Waals surface area contributed by atoms with Gasteiger partial charge >= 0.3 is 6.18 Å². The molecule has 22 heavy (non-hydrogen) atoms. The summed E-state index contributed by atoms with van der Waals surface area (Å²) in [6.07, 6.45) is -3.70. The predicted octanol–water partition coefficient (Wildman–Crippen LogP) is 2.87. The number of alkyl halides is 3. The predicted molar refractivity (Wildman–Crippen MR) is 69.9 cm³/mol. The van der Waals surface area contributed by atoms with Gasteiger partial charge in [0, 0.05) is 6.07 Å². The maximum atomic E-state index is 13.2. The number of rotatable bonds is 4. The minimum absolute atomic E-state index is 0.187. The molecule has 1 aromatic carbocycles. The van der Waals surface area contributed by atoms with Crippen LogP contribution >= 0.6 is 0 Å². The quantitative estimate of drug-likeness (QED) is 0.839. The van der Waals surface area contributed by atoms with Crippen LogP contribution in [0.5, 0.6) is 5.75 Å². The summed E-state index contributed by atoms with van der Waals surface area (Å²) >= 11 is 0. The lowest BCUT2D eigenvalue weighted by Crippen LogP contribution is -2.29. The van der Waals surface area contributed by atoms with Crippen LogP contribution < -0.4 is 10.1 Å². The molecule has 0 bridgehead atoms. The van der Waals surface area contributed by atoms with Gasteiger partial charge in [-0.2, -0.15) is 13.2 Å². The van der Waals surface area contributed by atoms with Crippen LogP contribution in [-0.2, 0) is 4.79 Å². The Hall–Kier alpha value is -1.83. The van der Waals surface area contributed by atoms with Gasteiger partial charge in [0.2, 0.25) is 5.91 Å². The fourth-order valence-corrected chi connectivity index (χ4v) is 2.36. The molecular formula is C14H15F4NO3. The van der Waals surface area contributed by atoms with E-state index in [1.807, 2.05) is 0 Å². The van der Waals surface area contributed by atoms with Crippen molar-refractivity contribution in [1.82, 2.24) is 0 Å². The third-order valence-electron chi connectivity index (χ3n) is 3.41. The van der Waals surface area contributed by atoms with E-state index in [1.54, 1.807) is 0 Å². The van der Waals surface area contributed by atoms with E-state index < -0.39 is 36.5 Å². The van der Waals surface area contributed by atoms with Gasteiger partial charge in [0.05, 0.1) is 17.7 Å². The Balaban J connectivity index is 2.11. The van der Waals surface area contributed by atoms with E-state index in [-0.39, 0.29) is 11.4 Å². The van der Waals surface area contributed by atoms with Gasteiger partial charge in [0.25, 0.3) is 0 Å². The lowest BCUT2D eigenvalue weighted by Gasteiger charge is -2.17. The molecule has 0 aliphatic heterocycles. The van der Waals surface area contributed by atoms with E-state index >= 15 is 0 Å². The molecule has 1 amide bonds. The van der Waals surface area contributed by atoms with Gasteiger partial charge < -0.3 is 15.2 Å². The van der Waals surface area contributed by atoms with Gasteiger partial charge in [0.1, 0.15) is 11.6 Å². The number of benzene rings is 1. The lowest BCUT2D eigenvalue weighted by molar-refractivity contribution is -0.153. The number of aliphatic hydroxyl groups is 1. The van der Waals surface area contributed by atoms with E-state index in [0.29, 0.717) is 19.3 Å². The zero-order valence-electron chi connectivity index (χ0n) is 11.5. The van der Waals surface area contributed by atoms with Crippen molar-refractivity contribution in [2.24, 2.45) is 5.92 Å².